The Balaban J connectivity index is 2.62. The molecule has 10 heteroatoms. The van der Waals surface area contributed by atoms with Gasteiger partial charge in [-0.2, -0.15) is 26.3 Å². The van der Waals surface area contributed by atoms with E-state index < -0.39 is 46.7 Å². The van der Waals surface area contributed by atoms with Crippen molar-refractivity contribution in [1.29, 1.82) is 0 Å². The van der Waals surface area contributed by atoms with E-state index in [4.69, 9.17) is 16.3 Å². The predicted octanol–water partition coefficient (Wildman–Crippen LogP) is 5.45. The van der Waals surface area contributed by atoms with Crippen LogP contribution in [0.25, 0.3) is 6.08 Å². The lowest BCUT2D eigenvalue weighted by molar-refractivity contribution is -0.188. The van der Waals surface area contributed by atoms with Gasteiger partial charge >= 0.3 is 18.3 Å². The van der Waals surface area contributed by atoms with Crippen molar-refractivity contribution < 1.29 is 40.6 Å². The van der Waals surface area contributed by atoms with Crippen molar-refractivity contribution in [2.75, 3.05) is 6.61 Å². The number of carbonyl (C=O) groups excluding carboxylic acids is 1. The van der Waals surface area contributed by atoms with E-state index in [0.29, 0.717) is 0 Å². The minimum Gasteiger partial charge on any atom is -0.475 e. The van der Waals surface area contributed by atoms with Gasteiger partial charge in [-0.15, -0.1) is 0 Å². The smallest absolute Gasteiger partial charge is 0.430 e. The summed E-state index contributed by atoms with van der Waals surface area (Å²) >= 11 is 5.94. The Morgan fingerprint density at radius 3 is 2.26 bits per heavy atom. The molecule has 0 amide bonds. The van der Waals surface area contributed by atoms with Crippen molar-refractivity contribution in [1.82, 2.24) is 0 Å². The Morgan fingerprint density at radius 1 is 1.19 bits per heavy atom. The molecule has 1 aromatic carbocycles. The summed E-state index contributed by atoms with van der Waals surface area (Å²) in [6.45, 7) is 2.96. The number of rotatable bonds is 3. The lowest BCUT2D eigenvalue weighted by Gasteiger charge is -2.32. The number of fused-ring (bicyclic) bond motifs is 1. The first-order valence-electron chi connectivity index (χ1n) is 7.73. The molecule has 27 heavy (non-hydrogen) atoms. The Kier molecular flexibility index (Phi) is 5.49. The molecular formula is C17H15ClF6O3. The maximum absolute atomic E-state index is 13.3. The third kappa shape index (κ3) is 4.02. The quantitative estimate of drug-likeness (QED) is 0.485. The Labute approximate surface area is 155 Å². The lowest BCUT2D eigenvalue weighted by Crippen LogP contribution is -2.41. The zero-order valence-corrected chi connectivity index (χ0v) is 15.1. The van der Waals surface area contributed by atoms with Crippen molar-refractivity contribution in [3.63, 3.8) is 0 Å². The van der Waals surface area contributed by atoms with E-state index in [1.807, 2.05) is 0 Å². The van der Waals surface area contributed by atoms with E-state index >= 15 is 0 Å². The molecule has 1 aliphatic heterocycles. The fraction of sp³-hybridized carbons (Fsp3) is 0.471. The van der Waals surface area contributed by atoms with Crippen LogP contribution in [-0.4, -0.2) is 31.0 Å². The average Bonchev–Trinajstić information content (AvgIpc) is 2.51. The number of esters is 1. The minimum absolute atomic E-state index is 0.0507. The van der Waals surface area contributed by atoms with Gasteiger partial charge in [0, 0.05) is 10.6 Å². The standard InChI is InChI=1S/C17H15ClF6O3/c1-4-26-14(25)9-5-8-6-11(18)10(15(2,3)17(22,23)24)7-12(8)27-13(9)16(19,20)21/h5-7,13H,4H2,1-3H3. The number of carbonyl (C=O) groups is 1. The van der Waals surface area contributed by atoms with Gasteiger partial charge < -0.3 is 9.47 Å². The van der Waals surface area contributed by atoms with Crippen LogP contribution in [0.15, 0.2) is 17.7 Å². The molecule has 0 saturated carbocycles. The maximum Gasteiger partial charge on any atom is 0.430 e. The third-order valence-electron chi connectivity index (χ3n) is 4.13. The number of alkyl halides is 6. The van der Waals surface area contributed by atoms with Crippen LogP contribution in [0, 0.1) is 0 Å². The highest BCUT2D eigenvalue weighted by Gasteiger charge is 2.51. The predicted molar refractivity (Wildman–Crippen MR) is 85.6 cm³/mol. The molecule has 0 radical (unpaired) electrons. The highest BCUT2D eigenvalue weighted by Crippen LogP contribution is 2.47. The van der Waals surface area contributed by atoms with Crippen LogP contribution in [-0.2, 0) is 14.9 Å². The summed E-state index contributed by atoms with van der Waals surface area (Å²) in [7, 11) is 0. The molecular weight excluding hydrogens is 402 g/mol. The topological polar surface area (TPSA) is 35.5 Å². The molecule has 1 aromatic rings. The number of halogens is 7. The summed E-state index contributed by atoms with van der Waals surface area (Å²) in [5, 5.41) is -0.315. The van der Waals surface area contributed by atoms with Crippen LogP contribution in [0.2, 0.25) is 5.02 Å². The summed E-state index contributed by atoms with van der Waals surface area (Å²) in [6.07, 6.45) is -11.5. The number of hydrogen-bond donors (Lipinski definition) is 0. The van der Waals surface area contributed by atoms with Gasteiger partial charge in [-0.25, -0.2) is 4.79 Å². The second kappa shape index (κ2) is 6.92. The van der Waals surface area contributed by atoms with E-state index in [0.717, 1.165) is 32.1 Å². The molecule has 3 nitrogen and oxygen atoms in total. The van der Waals surface area contributed by atoms with E-state index in [1.54, 1.807) is 0 Å². The molecule has 1 aliphatic rings. The molecule has 0 saturated heterocycles. The van der Waals surface area contributed by atoms with Crippen LogP contribution in [0.4, 0.5) is 26.3 Å². The molecule has 1 heterocycles. The normalized spacial score (nSPS) is 17.7. The van der Waals surface area contributed by atoms with Crippen LogP contribution in [0.3, 0.4) is 0 Å². The summed E-state index contributed by atoms with van der Waals surface area (Å²) in [5.41, 5.74) is -3.73. The van der Waals surface area contributed by atoms with E-state index in [2.05, 4.69) is 4.74 Å². The molecule has 1 unspecified atom stereocenters. The van der Waals surface area contributed by atoms with Crippen LogP contribution >= 0.6 is 11.6 Å². The van der Waals surface area contributed by atoms with Crippen molar-refractivity contribution in [3.05, 3.63) is 33.9 Å². The van der Waals surface area contributed by atoms with E-state index in [-0.39, 0.29) is 17.2 Å². The molecule has 0 fully saturated rings. The molecule has 0 spiro atoms. The third-order valence-corrected chi connectivity index (χ3v) is 4.44. The zero-order chi connectivity index (χ0) is 20.8. The Bertz CT molecular complexity index is 780. The molecule has 0 N–H and O–H groups in total. The van der Waals surface area contributed by atoms with Gasteiger partial charge in [-0.05, 0) is 44.5 Å². The molecule has 0 bridgehead atoms. The molecule has 2 rings (SSSR count). The average molecular weight is 417 g/mol. The van der Waals surface area contributed by atoms with Gasteiger partial charge in [0.05, 0.1) is 17.6 Å². The van der Waals surface area contributed by atoms with E-state index in [1.165, 1.54) is 6.92 Å². The number of hydrogen-bond acceptors (Lipinski definition) is 3. The number of ether oxygens (including phenoxy) is 2. The summed E-state index contributed by atoms with van der Waals surface area (Å²) in [6, 6.07) is 1.86. The highest BCUT2D eigenvalue weighted by molar-refractivity contribution is 6.31. The lowest BCUT2D eigenvalue weighted by atomic mass is 9.83. The maximum atomic E-state index is 13.3. The summed E-state index contributed by atoms with van der Waals surface area (Å²) in [5.74, 6) is -1.69. The first kappa shape index (κ1) is 21.4. The van der Waals surface area contributed by atoms with Crippen molar-refractivity contribution >= 4 is 23.6 Å². The van der Waals surface area contributed by atoms with Crippen molar-refractivity contribution in [2.45, 2.75) is 44.6 Å². The number of benzene rings is 1. The summed E-state index contributed by atoms with van der Waals surface area (Å²) < 4.78 is 89.3. The van der Waals surface area contributed by atoms with Crippen LogP contribution < -0.4 is 4.74 Å². The monoisotopic (exact) mass is 416 g/mol. The first-order valence-corrected chi connectivity index (χ1v) is 8.10. The van der Waals surface area contributed by atoms with Crippen molar-refractivity contribution in [2.24, 2.45) is 0 Å². The largest absolute Gasteiger partial charge is 0.475 e. The molecule has 0 aromatic heterocycles. The van der Waals surface area contributed by atoms with E-state index in [9.17, 15) is 31.1 Å². The van der Waals surface area contributed by atoms with Crippen LogP contribution in [0.1, 0.15) is 31.9 Å². The van der Waals surface area contributed by atoms with Gasteiger partial charge in [-0.1, -0.05) is 11.6 Å². The van der Waals surface area contributed by atoms with Gasteiger partial charge in [0.15, 0.2) is 0 Å². The fourth-order valence-electron chi connectivity index (χ4n) is 2.47. The summed E-state index contributed by atoms with van der Waals surface area (Å²) in [4.78, 5) is 11.9. The zero-order valence-electron chi connectivity index (χ0n) is 14.4. The van der Waals surface area contributed by atoms with Gasteiger partial charge in [0.1, 0.15) is 5.75 Å². The highest BCUT2D eigenvalue weighted by atomic mass is 35.5. The molecule has 150 valence electrons. The minimum atomic E-state index is -4.98. The van der Waals surface area contributed by atoms with Crippen LogP contribution in [0.5, 0.6) is 5.75 Å². The second-order valence-electron chi connectivity index (χ2n) is 6.35. The van der Waals surface area contributed by atoms with Gasteiger partial charge in [-0.3, -0.25) is 0 Å². The van der Waals surface area contributed by atoms with Crippen molar-refractivity contribution in [3.8, 4) is 5.75 Å². The fourth-order valence-corrected chi connectivity index (χ4v) is 2.88. The van der Waals surface area contributed by atoms with Gasteiger partial charge in [0.25, 0.3) is 0 Å². The molecule has 1 atom stereocenters. The van der Waals surface area contributed by atoms with Gasteiger partial charge in [0.2, 0.25) is 6.10 Å². The Morgan fingerprint density at radius 2 is 1.78 bits per heavy atom. The Hall–Kier alpha value is -1.90. The first-order chi connectivity index (χ1) is 12.2. The SMILES string of the molecule is CCOC(=O)C1=Cc2cc(Cl)c(C(C)(C)C(F)(F)F)cc2OC1C(F)(F)F. The molecule has 0 aliphatic carbocycles. The second-order valence-corrected chi connectivity index (χ2v) is 6.76.